The highest BCUT2D eigenvalue weighted by atomic mass is 32.1. The van der Waals surface area contributed by atoms with E-state index >= 15 is 0 Å². The number of para-hydroxylation sites is 2. The Morgan fingerprint density at radius 1 is 0.457 bits per heavy atom. The highest BCUT2D eigenvalue weighted by molar-refractivity contribution is 7.26. The molecule has 0 fully saturated rings. The second-order valence-electron chi connectivity index (χ2n) is 11.8. The van der Waals surface area contributed by atoms with Gasteiger partial charge in [0.2, 0.25) is 0 Å². The summed E-state index contributed by atoms with van der Waals surface area (Å²) in [7, 11) is 0. The van der Waals surface area contributed by atoms with Crippen molar-refractivity contribution in [3.63, 3.8) is 0 Å². The van der Waals surface area contributed by atoms with Crippen molar-refractivity contribution in [2.75, 3.05) is 0 Å². The summed E-state index contributed by atoms with van der Waals surface area (Å²) < 4.78 is 4.95. The maximum Gasteiger partial charge on any atom is 0.165 e. The normalized spacial score (nSPS) is 11.9. The molecule has 0 bridgehead atoms. The van der Waals surface area contributed by atoms with Crippen molar-refractivity contribution < 1.29 is 0 Å². The quantitative estimate of drug-likeness (QED) is 0.201. The molecule has 0 N–H and O–H groups in total. The van der Waals surface area contributed by atoms with E-state index in [1.165, 1.54) is 52.8 Å². The van der Waals surface area contributed by atoms with E-state index in [9.17, 15) is 0 Å². The Bertz CT molecular complexity index is 2810. The molecule has 10 rings (SSSR count). The van der Waals surface area contributed by atoms with Gasteiger partial charge in [-0.2, -0.15) is 0 Å². The third kappa shape index (κ3) is 3.77. The number of hydrogen-bond donors (Lipinski definition) is 0. The van der Waals surface area contributed by atoms with Gasteiger partial charge in [-0.05, 0) is 58.3 Å². The van der Waals surface area contributed by atoms with Crippen LogP contribution in [-0.2, 0) is 0 Å². The van der Waals surface area contributed by atoms with Crippen molar-refractivity contribution in [3.05, 3.63) is 152 Å². The van der Waals surface area contributed by atoms with Gasteiger partial charge in [0.05, 0.1) is 22.1 Å². The summed E-state index contributed by atoms with van der Waals surface area (Å²) in [6.45, 7) is 0. The Hall–Kier alpha value is -5.84. The summed E-state index contributed by atoms with van der Waals surface area (Å²) in [5.41, 5.74) is 8.28. The van der Waals surface area contributed by atoms with Crippen LogP contribution in [0.3, 0.4) is 0 Å². The molecule has 0 aliphatic carbocycles. The zero-order chi connectivity index (χ0) is 30.2. The van der Waals surface area contributed by atoms with Crippen LogP contribution in [0.4, 0.5) is 0 Å². The van der Waals surface area contributed by atoms with E-state index in [1.54, 1.807) is 0 Å². The lowest BCUT2D eigenvalue weighted by atomic mass is 10.00. The first-order chi connectivity index (χ1) is 22.8. The fraction of sp³-hybridized carbons (Fsp3) is 0. The lowest BCUT2D eigenvalue weighted by Gasteiger charge is -2.14. The maximum atomic E-state index is 5.36. The summed E-state index contributed by atoms with van der Waals surface area (Å²) in [5.74, 6) is 0.834. The SMILES string of the molecule is c1ccc(-c2nc3ccccc3nc2-n2c3cc(-c4ccc5ccccc5c4)ccc3c3c4sc5ccccc5c4ccc32)cc1. The smallest absolute Gasteiger partial charge is 0.165 e. The van der Waals surface area contributed by atoms with Crippen LogP contribution >= 0.6 is 11.3 Å². The molecule has 214 valence electrons. The monoisotopic (exact) mass is 603 g/mol. The van der Waals surface area contributed by atoms with E-state index in [0.29, 0.717) is 0 Å². The van der Waals surface area contributed by atoms with Crippen LogP contribution in [0, 0.1) is 0 Å². The summed E-state index contributed by atoms with van der Waals surface area (Å²) in [5, 5.41) is 7.54. The van der Waals surface area contributed by atoms with E-state index in [1.807, 2.05) is 35.6 Å². The summed E-state index contributed by atoms with van der Waals surface area (Å²) in [6, 6.07) is 54.1. The number of aromatic nitrogens is 3. The zero-order valence-corrected chi connectivity index (χ0v) is 25.5. The summed E-state index contributed by atoms with van der Waals surface area (Å²) >= 11 is 1.87. The van der Waals surface area contributed by atoms with Crippen LogP contribution in [0.15, 0.2) is 152 Å². The van der Waals surface area contributed by atoms with Gasteiger partial charge in [0, 0.05) is 36.5 Å². The van der Waals surface area contributed by atoms with Crippen LogP contribution in [0.25, 0.3) is 92.0 Å². The van der Waals surface area contributed by atoms with E-state index in [-0.39, 0.29) is 0 Å². The largest absolute Gasteiger partial charge is 0.292 e. The third-order valence-electron chi connectivity index (χ3n) is 9.17. The molecule has 10 aromatic rings. The Kier molecular flexibility index (Phi) is 5.45. The van der Waals surface area contributed by atoms with Gasteiger partial charge >= 0.3 is 0 Å². The number of rotatable bonds is 3. The number of fused-ring (bicyclic) bond motifs is 9. The lowest BCUT2D eigenvalue weighted by molar-refractivity contribution is 1.08. The van der Waals surface area contributed by atoms with Crippen molar-refractivity contribution in [1.29, 1.82) is 0 Å². The minimum absolute atomic E-state index is 0.834. The number of thiophene rings is 1. The number of nitrogens with zero attached hydrogens (tertiary/aromatic N) is 3. The molecule has 0 atom stereocenters. The molecule has 0 aliphatic rings. The number of benzene rings is 7. The Morgan fingerprint density at radius 2 is 1.15 bits per heavy atom. The van der Waals surface area contributed by atoms with Crippen LogP contribution in [-0.4, -0.2) is 14.5 Å². The predicted molar refractivity (Wildman–Crippen MR) is 195 cm³/mol. The molecule has 3 heterocycles. The first kappa shape index (κ1) is 25.5. The molecule has 0 spiro atoms. The Labute approximate surface area is 268 Å². The third-order valence-corrected chi connectivity index (χ3v) is 10.4. The van der Waals surface area contributed by atoms with Gasteiger partial charge in [-0.25, -0.2) is 9.97 Å². The van der Waals surface area contributed by atoms with Crippen LogP contribution in [0.2, 0.25) is 0 Å². The van der Waals surface area contributed by atoms with Crippen LogP contribution in [0.5, 0.6) is 0 Å². The van der Waals surface area contributed by atoms with Gasteiger partial charge in [-0.1, -0.05) is 115 Å². The lowest BCUT2D eigenvalue weighted by Crippen LogP contribution is -2.03. The fourth-order valence-corrected chi connectivity index (χ4v) is 8.25. The van der Waals surface area contributed by atoms with Crippen molar-refractivity contribution in [1.82, 2.24) is 14.5 Å². The molecule has 0 amide bonds. The zero-order valence-electron chi connectivity index (χ0n) is 24.7. The van der Waals surface area contributed by atoms with E-state index < -0.39 is 0 Å². The standard InChI is InChI=1S/C42H25N3S/c1-2-11-27(12-3-1)40-42(44-35-16-8-7-15-34(35)43-40)45-36-23-22-32-31-14-6-9-17-38(31)46-41(32)39(36)33-21-20-30(25-37(33)45)29-19-18-26-10-4-5-13-28(26)24-29/h1-25H. The van der Waals surface area contributed by atoms with E-state index in [2.05, 4.69) is 132 Å². The van der Waals surface area contributed by atoms with Gasteiger partial charge < -0.3 is 0 Å². The molecule has 0 radical (unpaired) electrons. The Morgan fingerprint density at radius 3 is 2.04 bits per heavy atom. The first-order valence-corrected chi connectivity index (χ1v) is 16.3. The van der Waals surface area contributed by atoms with Crippen LogP contribution in [0.1, 0.15) is 0 Å². The molecule has 0 saturated heterocycles. The molecule has 4 heteroatoms. The molecule has 7 aromatic carbocycles. The first-order valence-electron chi connectivity index (χ1n) is 15.5. The minimum atomic E-state index is 0.834. The van der Waals surface area contributed by atoms with Crippen molar-refractivity contribution in [3.8, 4) is 28.2 Å². The highest BCUT2D eigenvalue weighted by Gasteiger charge is 2.22. The molecule has 46 heavy (non-hydrogen) atoms. The second-order valence-corrected chi connectivity index (χ2v) is 12.9. The highest BCUT2D eigenvalue weighted by Crippen LogP contribution is 2.45. The Balaban J connectivity index is 1.35. The molecular weight excluding hydrogens is 579 g/mol. The van der Waals surface area contributed by atoms with Gasteiger partial charge in [-0.15, -0.1) is 11.3 Å². The molecule has 3 aromatic heterocycles. The van der Waals surface area contributed by atoms with Crippen molar-refractivity contribution in [2.45, 2.75) is 0 Å². The second kappa shape index (κ2) is 9.83. The average molecular weight is 604 g/mol. The van der Waals surface area contributed by atoms with Crippen LogP contribution < -0.4 is 0 Å². The summed E-state index contributed by atoms with van der Waals surface area (Å²) in [4.78, 5) is 10.6. The van der Waals surface area contributed by atoms with Crippen molar-refractivity contribution in [2.24, 2.45) is 0 Å². The fourth-order valence-electron chi connectivity index (χ4n) is 7.00. The topological polar surface area (TPSA) is 30.7 Å². The van der Waals surface area contributed by atoms with Gasteiger partial charge in [0.25, 0.3) is 0 Å². The molecular formula is C42H25N3S. The predicted octanol–water partition coefficient (Wildman–Crippen LogP) is 11.6. The summed E-state index contributed by atoms with van der Waals surface area (Å²) in [6.07, 6.45) is 0. The maximum absolute atomic E-state index is 5.36. The molecule has 0 saturated carbocycles. The van der Waals surface area contributed by atoms with Crippen molar-refractivity contribution >= 4 is 75.1 Å². The van der Waals surface area contributed by atoms with E-state index in [4.69, 9.17) is 9.97 Å². The number of hydrogen-bond acceptors (Lipinski definition) is 3. The van der Waals surface area contributed by atoms with Gasteiger partial charge in [0.15, 0.2) is 5.82 Å². The average Bonchev–Trinajstić information content (AvgIpc) is 3.66. The van der Waals surface area contributed by atoms with E-state index in [0.717, 1.165) is 39.1 Å². The van der Waals surface area contributed by atoms with Gasteiger partial charge in [-0.3, -0.25) is 4.57 Å². The molecule has 0 aliphatic heterocycles. The molecule has 3 nitrogen and oxygen atoms in total. The molecule has 0 unspecified atom stereocenters. The minimum Gasteiger partial charge on any atom is -0.292 e. The van der Waals surface area contributed by atoms with Gasteiger partial charge in [0.1, 0.15) is 5.69 Å².